The number of nitrogens with zero attached hydrogens (tertiary/aromatic N) is 2. The molecule has 1 heterocycles. The fraction of sp³-hybridized carbons (Fsp3) is 0.625. The number of rotatable bonds is 5. The van der Waals surface area contributed by atoms with Crippen LogP contribution in [0, 0.1) is 0 Å². The molecule has 1 rings (SSSR count). The van der Waals surface area contributed by atoms with E-state index in [1.165, 1.54) is 0 Å². The number of aromatic nitrogens is 2. The first-order valence-electron chi connectivity index (χ1n) is 4.42. The summed E-state index contributed by atoms with van der Waals surface area (Å²) in [4.78, 5) is 0. The smallest absolute Gasteiger partial charge is 0.283 e. The van der Waals surface area contributed by atoms with Gasteiger partial charge in [0.2, 0.25) is 0 Å². The molecule has 0 spiro atoms. The Bertz CT molecular complexity index is 356. The molecule has 1 aromatic heterocycles. The molecular weight excluding hydrogens is 252 g/mol. The predicted octanol–water partition coefficient (Wildman–Crippen LogP) is 2.79. The molecule has 0 aliphatic carbocycles. The van der Waals surface area contributed by atoms with E-state index in [-0.39, 0.29) is 19.6 Å². The van der Waals surface area contributed by atoms with E-state index in [1.54, 1.807) is 0 Å². The maximum absolute atomic E-state index is 12.5. The Hall–Kier alpha value is -0.820. The van der Waals surface area contributed by atoms with Crippen LogP contribution >= 0.6 is 11.6 Å². The number of aliphatic hydroxyl groups excluding tert-OH is 1. The van der Waals surface area contributed by atoms with E-state index >= 15 is 0 Å². The van der Waals surface area contributed by atoms with E-state index in [2.05, 4.69) is 5.10 Å². The quantitative estimate of drug-likeness (QED) is 0.827. The molecule has 0 amide bonds. The normalized spacial score (nSPS) is 11.8. The Morgan fingerprint density at radius 2 is 1.88 bits per heavy atom. The fourth-order valence-corrected chi connectivity index (χ4v) is 1.51. The van der Waals surface area contributed by atoms with Crippen LogP contribution in [0.3, 0.4) is 0 Å². The van der Waals surface area contributed by atoms with E-state index in [0.29, 0.717) is 4.68 Å². The van der Waals surface area contributed by atoms with Crippen LogP contribution in [-0.4, -0.2) is 21.5 Å². The molecule has 3 nitrogen and oxygen atoms in total. The highest BCUT2D eigenvalue weighted by Gasteiger charge is 2.27. The molecule has 0 radical (unpaired) electrons. The molecule has 0 aliphatic heterocycles. The monoisotopic (exact) mass is 260 g/mol. The van der Waals surface area contributed by atoms with Crippen molar-refractivity contribution in [1.29, 1.82) is 0 Å². The molecule has 0 aliphatic rings. The molecule has 0 fully saturated rings. The second-order valence-corrected chi connectivity index (χ2v) is 3.36. The van der Waals surface area contributed by atoms with Crippen LogP contribution in [0.2, 0.25) is 5.02 Å². The van der Waals surface area contributed by atoms with Crippen molar-refractivity contribution in [3.05, 3.63) is 16.4 Å². The van der Waals surface area contributed by atoms with Crippen molar-refractivity contribution in [3.8, 4) is 0 Å². The van der Waals surface area contributed by atoms with E-state index in [9.17, 15) is 17.6 Å². The van der Waals surface area contributed by atoms with Gasteiger partial charge in [-0.1, -0.05) is 11.6 Å². The zero-order valence-corrected chi connectivity index (χ0v) is 8.76. The minimum atomic E-state index is -3.00. The van der Waals surface area contributed by atoms with Gasteiger partial charge < -0.3 is 5.11 Å². The molecule has 0 unspecified atom stereocenters. The van der Waals surface area contributed by atoms with Crippen molar-refractivity contribution in [2.24, 2.45) is 0 Å². The summed E-state index contributed by atoms with van der Waals surface area (Å²) in [6, 6.07) is 0. The highest BCUT2D eigenvalue weighted by molar-refractivity contribution is 6.32. The van der Waals surface area contributed by atoms with Gasteiger partial charge in [0.1, 0.15) is 11.4 Å². The topological polar surface area (TPSA) is 38.0 Å². The van der Waals surface area contributed by atoms with Gasteiger partial charge in [-0.15, -0.1) is 0 Å². The third kappa shape index (κ3) is 2.65. The van der Waals surface area contributed by atoms with Crippen LogP contribution < -0.4 is 0 Å². The van der Waals surface area contributed by atoms with Crippen LogP contribution in [0.5, 0.6) is 0 Å². The molecule has 1 N–H and O–H groups in total. The molecule has 0 atom stereocenters. The zero-order chi connectivity index (χ0) is 12.3. The Balaban J connectivity index is 3.09. The number of alkyl halides is 4. The van der Waals surface area contributed by atoms with Crippen molar-refractivity contribution in [2.75, 3.05) is 6.61 Å². The average molecular weight is 261 g/mol. The number of aryl methyl sites for hydroxylation is 1. The number of halogens is 5. The number of hydrogen-bond donors (Lipinski definition) is 1. The lowest BCUT2D eigenvalue weighted by atomic mass is 10.3. The average Bonchev–Trinajstić information content (AvgIpc) is 2.52. The van der Waals surface area contributed by atoms with E-state index in [4.69, 9.17) is 16.7 Å². The molecule has 1 aromatic rings. The minimum Gasteiger partial charge on any atom is -0.396 e. The summed E-state index contributed by atoms with van der Waals surface area (Å²) in [6.07, 6.45) is -5.84. The first kappa shape index (κ1) is 13.2. The molecule has 0 bridgehead atoms. The summed E-state index contributed by atoms with van der Waals surface area (Å²) in [6.45, 7) is -0.327. The molecule has 92 valence electrons. The summed E-state index contributed by atoms with van der Waals surface area (Å²) in [5.41, 5.74) is -1.58. The van der Waals surface area contributed by atoms with Gasteiger partial charge >= 0.3 is 0 Å². The van der Waals surface area contributed by atoms with E-state index in [1.807, 2.05) is 0 Å². The van der Waals surface area contributed by atoms with Gasteiger partial charge in [0.15, 0.2) is 0 Å². The van der Waals surface area contributed by atoms with Crippen molar-refractivity contribution >= 4 is 11.6 Å². The lowest BCUT2D eigenvalue weighted by Gasteiger charge is -2.05. The minimum absolute atomic E-state index is 0.0807. The van der Waals surface area contributed by atoms with Crippen molar-refractivity contribution < 1.29 is 22.7 Å². The highest BCUT2D eigenvalue weighted by atomic mass is 35.5. The van der Waals surface area contributed by atoms with E-state index < -0.39 is 29.3 Å². The molecule has 16 heavy (non-hydrogen) atoms. The largest absolute Gasteiger partial charge is 0.396 e. The van der Waals surface area contributed by atoms with Gasteiger partial charge in [0.25, 0.3) is 12.9 Å². The van der Waals surface area contributed by atoms with Gasteiger partial charge in [-0.05, 0) is 6.42 Å². The van der Waals surface area contributed by atoms with Crippen LogP contribution in [0.4, 0.5) is 17.6 Å². The number of hydrogen-bond acceptors (Lipinski definition) is 2. The van der Waals surface area contributed by atoms with Crippen LogP contribution in [-0.2, 0) is 6.54 Å². The zero-order valence-electron chi connectivity index (χ0n) is 8.01. The van der Waals surface area contributed by atoms with E-state index in [0.717, 1.165) is 0 Å². The molecule has 0 saturated heterocycles. The first-order chi connectivity index (χ1) is 7.49. The third-order valence-electron chi connectivity index (χ3n) is 1.90. The summed E-state index contributed by atoms with van der Waals surface area (Å²) >= 11 is 5.39. The third-order valence-corrected chi connectivity index (χ3v) is 2.28. The Morgan fingerprint density at radius 1 is 1.25 bits per heavy atom. The van der Waals surface area contributed by atoms with Gasteiger partial charge in [-0.3, -0.25) is 4.68 Å². The molecular formula is C8H9ClF4N2O. The summed E-state index contributed by atoms with van der Waals surface area (Å²) in [5, 5.41) is 11.1. The van der Waals surface area contributed by atoms with Crippen molar-refractivity contribution in [1.82, 2.24) is 9.78 Å². The lowest BCUT2D eigenvalue weighted by molar-refractivity contribution is 0.137. The van der Waals surface area contributed by atoms with Crippen LogP contribution in [0.1, 0.15) is 30.7 Å². The first-order valence-corrected chi connectivity index (χ1v) is 4.80. The van der Waals surface area contributed by atoms with Gasteiger partial charge in [-0.2, -0.15) is 5.10 Å². The maximum atomic E-state index is 12.5. The van der Waals surface area contributed by atoms with Crippen LogP contribution in [0.25, 0.3) is 0 Å². The summed E-state index contributed by atoms with van der Waals surface area (Å²) in [7, 11) is 0. The molecule has 8 heteroatoms. The maximum Gasteiger partial charge on any atom is 0.283 e. The summed E-state index contributed by atoms with van der Waals surface area (Å²) in [5.74, 6) is 0. The SMILES string of the molecule is OCCCn1nc(C(F)F)c(Cl)c1C(F)F. The lowest BCUT2D eigenvalue weighted by Crippen LogP contribution is -2.07. The highest BCUT2D eigenvalue weighted by Crippen LogP contribution is 2.34. The molecule has 0 saturated carbocycles. The van der Waals surface area contributed by atoms with Gasteiger partial charge in [0, 0.05) is 13.2 Å². The van der Waals surface area contributed by atoms with Gasteiger partial charge in [0.05, 0.1) is 5.02 Å². The summed E-state index contributed by atoms with van der Waals surface area (Å²) < 4.78 is 50.5. The Labute approximate surface area is 93.6 Å². The van der Waals surface area contributed by atoms with Crippen molar-refractivity contribution in [2.45, 2.75) is 25.8 Å². The number of aliphatic hydroxyl groups is 1. The van der Waals surface area contributed by atoms with Crippen LogP contribution in [0.15, 0.2) is 0 Å². The standard InChI is InChI=1S/C8H9ClF4N2O/c9-4-5(7(10)11)14-15(2-1-3-16)6(4)8(12)13/h7-8,16H,1-3H2. The fourth-order valence-electron chi connectivity index (χ4n) is 1.21. The van der Waals surface area contributed by atoms with Gasteiger partial charge in [-0.25, -0.2) is 17.6 Å². The second-order valence-electron chi connectivity index (χ2n) is 2.99. The Morgan fingerprint density at radius 3 is 2.31 bits per heavy atom. The predicted molar refractivity (Wildman–Crippen MR) is 48.9 cm³/mol. The Kier molecular flexibility index (Phi) is 4.55. The molecule has 0 aromatic carbocycles. The van der Waals surface area contributed by atoms with Crippen molar-refractivity contribution in [3.63, 3.8) is 0 Å². The second kappa shape index (κ2) is 5.49.